The van der Waals surface area contributed by atoms with Crippen molar-refractivity contribution in [1.82, 2.24) is 19.7 Å². The van der Waals surface area contributed by atoms with Crippen LogP contribution >= 0.6 is 11.8 Å². The van der Waals surface area contributed by atoms with E-state index in [0.29, 0.717) is 6.04 Å². The molecule has 1 aromatic carbocycles. The van der Waals surface area contributed by atoms with E-state index in [9.17, 15) is 4.79 Å². The van der Waals surface area contributed by atoms with Gasteiger partial charge in [0, 0.05) is 25.7 Å². The molecule has 1 saturated carbocycles. The normalized spacial score (nSPS) is 16.1. The van der Waals surface area contributed by atoms with Crippen molar-refractivity contribution in [3.05, 3.63) is 24.3 Å². The molecule has 1 aromatic heterocycles. The summed E-state index contributed by atoms with van der Waals surface area (Å²) in [5.41, 5.74) is 0.968. The maximum absolute atomic E-state index is 12.8. The van der Waals surface area contributed by atoms with Crippen molar-refractivity contribution in [3.8, 4) is 17.1 Å². The number of rotatable bonds is 6. The summed E-state index contributed by atoms with van der Waals surface area (Å²) in [7, 11) is 5.52. The second-order valence-corrected chi connectivity index (χ2v) is 8.40. The molecule has 1 fully saturated rings. The third-order valence-corrected chi connectivity index (χ3v) is 6.40. The van der Waals surface area contributed by atoms with E-state index in [2.05, 4.69) is 10.2 Å². The quantitative estimate of drug-likeness (QED) is 0.705. The van der Waals surface area contributed by atoms with Crippen LogP contribution in [-0.2, 0) is 11.8 Å². The molecule has 1 aliphatic carbocycles. The first kappa shape index (κ1) is 19.7. The number of hydrogen-bond donors (Lipinski definition) is 0. The molecular formula is C20H28N4O2S. The van der Waals surface area contributed by atoms with Gasteiger partial charge < -0.3 is 14.2 Å². The van der Waals surface area contributed by atoms with Crippen molar-refractivity contribution < 1.29 is 9.53 Å². The molecule has 146 valence electrons. The summed E-state index contributed by atoms with van der Waals surface area (Å²) in [6.45, 7) is 1.95. The molecule has 0 N–H and O–H groups in total. The van der Waals surface area contributed by atoms with Gasteiger partial charge in [-0.1, -0.05) is 31.0 Å². The van der Waals surface area contributed by atoms with E-state index in [0.717, 1.165) is 35.1 Å². The zero-order chi connectivity index (χ0) is 19.4. The molecule has 7 heteroatoms. The first-order valence-electron chi connectivity index (χ1n) is 9.48. The maximum atomic E-state index is 12.8. The molecule has 0 aliphatic heterocycles. The lowest BCUT2D eigenvalue weighted by Crippen LogP contribution is -2.42. The number of methoxy groups -OCH3 is 1. The molecule has 1 atom stereocenters. The van der Waals surface area contributed by atoms with Gasteiger partial charge in [-0.3, -0.25) is 4.79 Å². The van der Waals surface area contributed by atoms with Crippen LogP contribution in [-0.4, -0.2) is 51.0 Å². The SMILES string of the molecule is COc1ccc(-c2nnc(SC(C)C(=O)N(C)C3CCCCC3)n2C)cc1. The summed E-state index contributed by atoms with van der Waals surface area (Å²) in [6, 6.07) is 8.11. The van der Waals surface area contributed by atoms with Gasteiger partial charge in [0.2, 0.25) is 5.91 Å². The summed E-state index contributed by atoms with van der Waals surface area (Å²) in [4.78, 5) is 14.8. The fraction of sp³-hybridized carbons (Fsp3) is 0.550. The predicted octanol–water partition coefficient (Wildman–Crippen LogP) is 3.76. The number of amides is 1. The summed E-state index contributed by atoms with van der Waals surface area (Å²) in [5, 5.41) is 9.18. The molecule has 27 heavy (non-hydrogen) atoms. The highest BCUT2D eigenvalue weighted by Crippen LogP contribution is 2.29. The van der Waals surface area contributed by atoms with Crippen LogP contribution < -0.4 is 4.74 Å². The van der Waals surface area contributed by atoms with Gasteiger partial charge in [0.25, 0.3) is 0 Å². The Morgan fingerprint density at radius 2 is 1.89 bits per heavy atom. The Hall–Kier alpha value is -2.02. The lowest BCUT2D eigenvalue weighted by Gasteiger charge is -2.32. The van der Waals surface area contributed by atoms with Crippen LogP contribution in [0.4, 0.5) is 0 Å². The minimum atomic E-state index is -0.191. The molecule has 1 unspecified atom stereocenters. The highest BCUT2D eigenvalue weighted by atomic mass is 32.2. The minimum Gasteiger partial charge on any atom is -0.497 e. The smallest absolute Gasteiger partial charge is 0.235 e. The van der Waals surface area contributed by atoms with E-state index in [1.54, 1.807) is 7.11 Å². The number of carbonyl (C=O) groups is 1. The number of ether oxygens (including phenoxy) is 1. The van der Waals surface area contributed by atoms with Gasteiger partial charge in [0.15, 0.2) is 11.0 Å². The molecule has 0 bridgehead atoms. The Kier molecular flexibility index (Phi) is 6.42. The van der Waals surface area contributed by atoms with E-state index in [-0.39, 0.29) is 11.2 Å². The van der Waals surface area contributed by atoms with Crippen molar-refractivity contribution in [2.45, 2.75) is 55.5 Å². The topological polar surface area (TPSA) is 60.3 Å². The van der Waals surface area contributed by atoms with Crippen LogP contribution in [0.3, 0.4) is 0 Å². The molecule has 2 aromatic rings. The monoisotopic (exact) mass is 388 g/mol. The highest BCUT2D eigenvalue weighted by molar-refractivity contribution is 8.00. The molecule has 1 amide bonds. The van der Waals surface area contributed by atoms with Crippen LogP contribution in [0.2, 0.25) is 0 Å². The Morgan fingerprint density at radius 3 is 2.52 bits per heavy atom. The van der Waals surface area contributed by atoms with Gasteiger partial charge in [-0.15, -0.1) is 10.2 Å². The molecule has 1 heterocycles. The average molecular weight is 389 g/mol. The van der Waals surface area contributed by atoms with E-state index in [1.807, 2.05) is 54.8 Å². The lowest BCUT2D eigenvalue weighted by molar-refractivity contribution is -0.131. The molecule has 6 nitrogen and oxygen atoms in total. The zero-order valence-electron chi connectivity index (χ0n) is 16.5. The molecule has 0 radical (unpaired) electrons. The Morgan fingerprint density at radius 1 is 1.22 bits per heavy atom. The third-order valence-electron chi connectivity index (χ3n) is 5.28. The van der Waals surface area contributed by atoms with Crippen molar-refractivity contribution in [3.63, 3.8) is 0 Å². The highest BCUT2D eigenvalue weighted by Gasteiger charge is 2.27. The molecular weight excluding hydrogens is 360 g/mol. The second kappa shape index (κ2) is 8.78. The van der Waals surface area contributed by atoms with E-state index in [4.69, 9.17) is 4.74 Å². The first-order chi connectivity index (χ1) is 13.0. The van der Waals surface area contributed by atoms with E-state index in [1.165, 1.54) is 31.0 Å². The lowest BCUT2D eigenvalue weighted by atomic mass is 9.94. The summed E-state index contributed by atoms with van der Waals surface area (Å²) >= 11 is 1.47. The number of carbonyl (C=O) groups excluding carboxylic acids is 1. The van der Waals surface area contributed by atoms with Gasteiger partial charge in [-0.2, -0.15) is 0 Å². The fourth-order valence-electron chi connectivity index (χ4n) is 3.55. The Bertz CT molecular complexity index is 769. The predicted molar refractivity (Wildman–Crippen MR) is 108 cm³/mol. The first-order valence-corrected chi connectivity index (χ1v) is 10.4. The van der Waals surface area contributed by atoms with Gasteiger partial charge in [0.05, 0.1) is 12.4 Å². The maximum Gasteiger partial charge on any atom is 0.235 e. The zero-order valence-corrected chi connectivity index (χ0v) is 17.3. The molecule has 1 aliphatic rings. The summed E-state index contributed by atoms with van der Waals surface area (Å²) in [5.74, 6) is 1.75. The van der Waals surface area contributed by atoms with Crippen molar-refractivity contribution in [2.75, 3.05) is 14.2 Å². The standard InChI is InChI=1S/C20H28N4O2S/c1-14(19(25)23(2)16-8-6-5-7-9-16)27-20-22-21-18(24(20)3)15-10-12-17(26-4)13-11-15/h10-14,16H,5-9H2,1-4H3. The molecule has 0 spiro atoms. The van der Waals surface area contributed by atoms with Crippen molar-refractivity contribution in [2.24, 2.45) is 7.05 Å². The van der Waals surface area contributed by atoms with Crippen LogP contribution in [0, 0.1) is 0 Å². The summed E-state index contributed by atoms with van der Waals surface area (Å²) in [6.07, 6.45) is 5.96. The van der Waals surface area contributed by atoms with E-state index < -0.39 is 0 Å². The molecule has 3 rings (SSSR count). The van der Waals surface area contributed by atoms with Crippen molar-refractivity contribution >= 4 is 17.7 Å². The van der Waals surface area contributed by atoms with Crippen LogP contribution in [0.25, 0.3) is 11.4 Å². The van der Waals surface area contributed by atoms with Crippen LogP contribution in [0.5, 0.6) is 5.75 Å². The molecule has 0 saturated heterocycles. The second-order valence-electron chi connectivity index (χ2n) is 7.09. The number of hydrogen-bond acceptors (Lipinski definition) is 5. The average Bonchev–Trinajstić information content (AvgIpc) is 3.07. The number of benzene rings is 1. The third kappa shape index (κ3) is 4.46. The number of thioether (sulfide) groups is 1. The minimum absolute atomic E-state index is 0.167. The van der Waals surface area contributed by atoms with Crippen LogP contribution in [0.1, 0.15) is 39.0 Å². The van der Waals surface area contributed by atoms with Crippen molar-refractivity contribution in [1.29, 1.82) is 0 Å². The fourth-order valence-corrected chi connectivity index (χ4v) is 4.47. The van der Waals surface area contributed by atoms with Gasteiger partial charge in [0.1, 0.15) is 5.75 Å². The number of nitrogens with zero attached hydrogens (tertiary/aromatic N) is 4. The van der Waals surface area contributed by atoms with Gasteiger partial charge in [-0.25, -0.2) is 0 Å². The Balaban J connectivity index is 1.68. The van der Waals surface area contributed by atoms with Crippen LogP contribution in [0.15, 0.2) is 29.4 Å². The van der Waals surface area contributed by atoms with Gasteiger partial charge >= 0.3 is 0 Å². The largest absolute Gasteiger partial charge is 0.497 e. The Labute approximate surface area is 165 Å². The van der Waals surface area contributed by atoms with E-state index >= 15 is 0 Å². The summed E-state index contributed by atoms with van der Waals surface area (Å²) < 4.78 is 7.14. The number of aromatic nitrogens is 3. The van der Waals surface area contributed by atoms with Gasteiger partial charge in [-0.05, 0) is 44.0 Å².